The summed E-state index contributed by atoms with van der Waals surface area (Å²) in [5.41, 5.74) is 3.41. The van der Waals surface area contributed by atoms with Gasteiger partial charge in [-0.25, -0.2) is 0 Å². The third kappa shape index (κ3) is 2.78. The van der Waals surface area contributed by atoms with Gasteiger partial charge in [-0.2, -0.15) is 0 Å². The normalized spacial score (nSPS) is 29.2. The van der Waals surface area contributed by atoms with Crippen molar-refractivity contribution < 1.29 is 14.7 Å². The van der Waals surface area contributed by atoms with E-state index in [4.69, 9.17) is 0 Å². The molecule has 126 valence electrons. The van der Waals surface area contributed by atoms with Gasteiger partial charge >= 0.3 is 0 Å². The fraction of sp³-hybridized carbons (Fsp3) is 0.684. The molecule has 0 aromatic rings. The Bertz CT molecular complexity index is 637. The highest BCUT2D eigenvalue weighted by molar-refractivity contribution is 6.05. The average molecular weight is 317 g/mol. The molecule has 0 aromatic carbocycles. The van der Waals surface area contributed by atoms with Gasteiger partial charge in [-0.05, 0) is 30.1 Å². The maximum absolute atomic E-state index is 12.9. The van der Waals surface area contributed by atoms with E-state index in [0.29, 0.717) is 19.3 Å². The molecule has 0 spiro atoms. The second-order valence-corrected chi connectivity index (χ2v) is 8.75. The molecule has 0 saturated carbocycles. The number of nitrogens with one attached hydrogen (secondary N) is 1. The zero-order chi connectivity index (χ0) is 17.0. The van der Waals surface area contributed by atoms with Crippen LogP contribution in [0.25, 0.3) is 0 Å². The molecule has 0 amide bonds. The van der Waals surface area contributed by atoms with Gasteiger partial charge in [0.2, 0.25) is 0 Å². The van der Waals surface area contributed by atoms with Gasteiger partial charge in [-0.3, -0.25) is 9.59 Å². The van der Waals surface area contributed by atoms with Gasteiger partial charge in [0.1, 0.15) is 0 Å². The van der Waals surface area contributed by atoms with Crippen molar-refractivity contribution in [3.05, 3.63) is 22.5 Å². The van der Waals surface area contributed by atoms with Crippen molar-refractivity contribution in [2.24, 2.45) is 16.7 Å². The highest BCUT2D eigenvalue weighted by Gasteiger charge is 2.45. The molecule has 2 aliphatic carbocycles. The van der Waals surface area contributed by atoms with E-state index in [1.807, 2.05) is 0 Å². The molecule has 0 bridgehead atoms. The highest BCUT2D eigenvalue weighted by Crippen LogP contribution is 2.48. The number of aliphatic hydroxyl groups excluding tert-OH is 1. The third-order valence-electron chi connectivity index (χ3n) is 5.62. The van der Waals surface area contributed by atoms with Crippen molar-refractivity contribution in [2.45, 2.75) is 59.8 Å². The largest absolute Gasteiger partial charge is 0.396 e. The first kappa shape index (κ1) is 16.4. The van der Waals surface area contributed by atoms with Gasteiger partial charge in [-0.15, -0.1) is 0 Å². The van der Waals surface area contributed by atoms with Crippen LogP contribution < -0.4 is 5.32 Å². The molecule has 0 saturated heterocycles. The Kier molecular flexibility index (Phi) is 3.79. The number of allylic oxidation sites excluding steroid dienone is 4. The summed E-state index contributed by atoms with van der Waals surface area (Å²) in [5, 5.41) is 12.8. The van der Waals surface area contributed by atoms with Crippen molar-refractivity contribution >= 4 is 11.6 Å². The third-order valence-corrected chi connectivity index (χ3v) is 5.62. The van der Waals surface area contributed by atoms with Crippen LogP contribution in [0.3, 0.4) is 0 Å². The molecule has 0 aromatic heterocycles. The Morgan fingerprint density at radius 2 is 1.70 bits per heavy atom. The van der Waals surface area contributed by atoms with Crippen LogP contribution in [-0.4, -0.2) is 23.3 Å². The van der Waals surface area contributed by atoms with E-state index in [2.05, 4.69) is 33.0 Å². The van der Waals surface area contributed by atoms with E-state index in [9.17, 15) is 14.7 Å². The Balaban J connectivity index is 1.94. The lowest BCUT2D eigenvalue weighted by molar-refractivity contribution is -0.124. The summed E-state index contributed by atoms with van der Waals surface area (Å²) in [6, 6.07) is 0. The molecular formula is C19H27NO3. The molecule has 1 atom stereocenters. The standard InChI is InChI=1S/C19H27NO3/c1-18(2)8-14-11(16(22)10-18)7-12-15(20-14)9-19(3,4)13(5-6-21)17(12)23/h13,20-21H,5-10H2,1-4H3. The lowest BCUT2D eigenvalue weighted by Gasteiger charge is -2.44. The first-order valence-corrected chi connectivity index (χ1v) is 8.54. The number of hydrogen-bond acceptors (Lipinski definition) is 4. The van der Waals surface area contributed by atoms with E-state index in [-0.39, 0.29) is 34.9 Å². The number of hydrogen-bond donors (Lipinski definition) is 2. The summed E-state index contributed by atoms with van der Waals surface area (Å²) >= 11 is 0. The molecule has 4 nitrogen and oxygen atoms in total. The van der Waals surface area contributed by atoms with Crippen LogP contribution in [0, 0.1) is 16.7 Å². The summed E-state index contributed by atoms with van der Waals surface area (Å²) in [5.74, 6) is 0.124. The van der Waals surface area contributed by atoms with Crippen molar-refractivity contribution in [1.29, 1.82) is 0 Å². The number of ketones is 2. The SMILES string of the molecule is CC1(C)CC(=O)C2=C(C1)NC1=C(C2)C(=O)C(CCO)C(C)(C)C1. The van der Waals surface area contributed by atoms with Crippen LogP contribution in [-0.2, 0) is 9.59 Å². The van der Waals surface area contributed by atoms with E-state index in [0.717, 1.165) is 35.4 Å². The smallest absolute Gasteiger partial charge is 0.164 e. The Hall–Kier alpha value is -1.42. The minimum Gasteiger partial charge on any atom is -0.396 e. The van der Waals surface area contributed by atoms with E-state index >= 15 is 0 Å². The summed E-state index contributed by atoms with van der Waals surface area (Å²) in [4.78, 5) is 25.4. The molecule has 1 unspecified atom stereocenters. The molecule has 1 aliphatic heterocycles. The van der Waals surface area contributed by atoms with Crippen LogP contribution in [0.5, 0.6) is 0 Å². The van der Waals surface area contributed by atoms with Crippen molar-refractivity contribution in [1.82, 2.24) is 5.32 Å². The molecule has 23 heavy (non-hydrogen) atoms. The van der Waals surface area contributed by atoms with E-state index < -0.39 is 0 Å². The van der Waals surface area contributed by atoms with Gasteiger partial charge in [0.25, 0.3) is 0 Å². The van der Waals surface area contributed by atoms with Crippen LogP contribution in [0.1, 0.15) is 59.8 Å². The molecular weight excluding hydrogens is 290 g/mol. The zero-order valence-corrected chi connectivity index (χ0v) is 14.6. The van der Waals surface area contributed by atoms with Gasteiger partial charge < -0.3 is 10.4 Å². The lowest BCUT2D eigenvalue weighted by Crippen LogP contribution is -2.44. The van der Waals surface area contributed by atoms with Gasteiger partial charge in [0.15, 0.2) is 11.6 Å². The second-order valence-electron chi connectivity index (χ2n) is 8.75. The number of carbonyl (C=O) groups excluding carboxylic acids is 2. The van der Waals surface area contributed by atoms with Crippen molar-refractivity contribution in [2.75, 3.05) is 6.61 Å². The maximum Gasteiger partial charge on any atom is 0.164 e. The lowest BCUT2D eigenvalue weighted by atomic mass is 9.63. The summed E-state index contributed by atoms with van der Waals surface area (Å²) in [7, 11) is 0. The molecule has 0 fully saturated rings. The minimum absolute atomic E-state index is 0.0192. The monoisotopic (exact) mass is 317 g/mol. The quantitative estimate of drug-likeness (QED) is 0.822. The maximum atomic E-state index is 12.9. The van der Waals surface area contributed by atoms with Gasteiger partial charge in [0.05, 0.1) is 0 Å². The Labute approximate surface area is 138 Å². The van der Waals surface area contributed by atoms with Gasteiger partial charge in [-0.1, -0.05) is 27.7 Å². The Morgan fingerprint density at radius 3 is 2.35 bits per heavy atom. The van der Waals surface area contributed by atoms with E-state index in [1.54, 1.807) is 0 Å². The van der Waals surface area contributed by atoms with Crippen LogP contribution in [0.2, 0.25) is 0 Å². The number of dihydropyridines is 1. The van der Waals surface area contributed by atoms with E-state index in [1.165, 1.54) is 0 Å². The molecule has 3 rings (SSSR count). The number of Topliss-reactive ketones (excluding diaryl/α,β-unsaturated/α-hetero) is 2. The topological polar surface area (TPSA) is 66.4 Å². The van der Waals surface area contributed by atoms with Gasteiger partial charge in [0, 0.05) is 47.9 Å². The summed E-state index contributed by atoms with van der Waals surface area (Å²) in [6.45, 7) is 8.45. The van der Waals surface area contributed by atoms with Crippen LogP contribution in [0.15, 0.2) is 22.5 Å². The first-order chi connectivity index (χ1) is 10.6. The van der Waals surface area contributed by atoms with Crippen LogP contribution in [0.4, 0.5) is 0 Å². The second kappa shape index (κ2) is 5.30. The molecule has 0 radical (unpaired) electrons. The minimum atomic E-state index is -0.169. The number of aliphatic hydroxyl groups is 1. The number of carbonyl (C=O) groups is 2. The predicted octanol–water partition coefficient (Wildman–Crippen LogP) is 2.87. The average Bonchev–Trinajstić information content (AvgIpc) is 2.40. The highest BCUT2D eigenvalue weighted by atomic mass is 16.3. The molecule has 4 heteroatoms. The summed E-state index contributed by atoms with van der Waals surface area (Å²) < 4.78 is 0. The van der Waals surface area contributed by atoms with Crippen molar-refractivity contribution in [3.63, 3.8) is 0 Å². The first-order valence-electron chi connectivity index (χ1n) is 8.54. The molecule has 3 aliphatic rings. The number of rotatable bonds is 2. The molecule has 1 heterocycles. The fourth-order valence-corrected chi connectivity index (χ4v) is 4.41. The predicted molar refractivity (Wildman–Crippen MR) is 88.4 cm³/mol. The zero-order valence-electron chi connectivity index (χ0n) is 14.6. The summed E-state index contributed by atoms with van der Waals surface area (Å²) in [6.07, 6.45) is 3.18. The Morgan fingerprint density at radius 1 is 1.04 bits per heavy atom. The fourth-order valence-electron chi connectivity index (χ4n) is 4.41. The van der Waals surface area contributed by atoms with Crippen LogP contribution >= 0.6 is 0 Å². The van der Waals surface area contributed by atoms with Crippen molar-refractivity contribution in [3.8, 4) is 0 Å². The molecule has 2 N–H and O–H groups in total.